The molecule has 0 saturated carbocycles. The normalized spacial score (nSPS) is 16.7. The van der Waals surface area contributed by atoms with Crippen LogP contribution in [0.4, 0.5) is 0 Å². The molecule has 1 nitrogen and oxygen atoms in total. The van der Waals surface area contributed by atoms with Crippen LogP contribution in [-0.4, -0.2) is 6.54 Å². The van der Waals surface area contributed by atoms with E-state index in [0.717, 1.165) is 0 Å². The first kappa shape index (κ1) is 7.64. The molecule has 0 aromatic carbocycles. The molecule has 1 N–H and O–H groups in total. The van der Waals surface area contributed by atoms with Crippen LogP contribution in [0.2, 0.25) is 0 Å². The summed E-state index contributed by atoms with van der Waals surface area (Å²) in [7, 11) is 0. The summed E-state index contributed by atoms with van der Waals surface area (Å²) in [6, 6.07) is 0. The summed E-state index contributed by atoms with van der Waals surface area (Å²) in [6.45, 7) is 3.42. The zero-order chi connectivity index (χ0) is 7.23. The lowest BCUT2D eigenvalue weighted by Gasteiger charge is -1.97. The Bertz CT molecular complexity index is 116. The third kappa shape index (κ3) is 2.42. The van der Waals surface area contributed by atoms with Crippen LogP contribution in [0.1, 0.15) is 39.0 Å². The Morgan fingerprint density at radius 1 is 1.50 bits per heavy atom. The van der Waals surface area contributed by atoms with Crippen LogP contribution in [0, 0.1) is 0 Å². The number of hydrogen-bond donors (Lipinski definition) is 1. The molecule has 1 heterocycles. The van der Waals surface area contributed by atoms with Crippen molar-refractivity contribution in [3.8, 4) is 0 Å². The van der Waals surface area contributed by atoms with Gasteiger partial charge in [-0.2, -0.15) is 0 Å². The zero-order valence-corrected chi connectivity index (χ0v) is 6.82. The van der Waals surface area contributed by atoms with Crippen LogP contribution >= 0.6 is 0 Å². The van der Waals surface area contributed by atoms with Crippen LogP contribution in [0.25, 0.3) is 0 Å². The molecule has 1 aliphatic heterocycles. The molecule has 0 fully saturated rings. The molecule has 0 aromatic heterocycles. The second kappa shape index (κ2) is 4.37. The van der Waals surface area contributed by atoms with E-state index in [9.17, 15) is 0 Å². The molecule has 0 aromatic rings. The van der Waals surface area contributed by atoms with Gasteiger partial charge in [0.05, 0.1) is 0 Å². The van der Waals surface area contributed by atoms with Crippen molar-refractivity contribution in [3.63, 3.8) is 0 Å². The summed E-state index contributed by atoms with van der Waals surface area (Å²) in [5.74, 6) is 0. The molecule has 0 amide bonds. The lowest BCUT2D eigenvalue weighted by atomic mass is 10.1. The van der Waals surface area contributed by atoms with Crippen LogP contribution in [0.5, 0.6) is 0 Å². The van der Waals surface area contributed by atoms with E-state index in [1.807, 2.05) is 0 Å². The summed E-state index contributed by atoms with van der Waals surface area (Å²) >= 11 is 0. The molecule has 10 heavy (non-hydrogen) atoms. The van der Waals surface area contributed by atoms with E-state index in [4.69, 9.17) is 0 Å². The van der Waals surface area contributed by atoms with Gasteiger partial charge in [0.15, 0.2) is 0 Å². The zero-order valence-electron chi connectivity index (χ0n) is 6.82. The lowest BCUT2D eigenvalue weighted by Crippen LogP contribution is -1.96. The van der Waals surface area contributed by atoms with Crippen molar-refractivity contribution >= 4 is 0 Å². The van der Waals surface area contributed by atoms with Crippen LogP contribution in [0.15, 0.2) is 11.8 Å². The Balaban J connectivity index is 2.01. The van der Waals surface area contributed by atoms with Crippen molar-refractivity contribution in [2.45, 2.75) is 39.0 Å². The first-order valence-electron chi connectivity index (χ1n) is 4.35. The van der Waals surface area contributed by atoms with Crippen molar-refractivity contribution in [1.29, 1.82) is 0 Å². The maximum Gasteiger partial charge on any atom is 0.0179 e. The van der Waals surface area contributed by atoms with Crippen molar-refractivity contribution in [2.75, 3.05) is 6.54 Å². The van der Waals surface area contributed by atoms with Gasteiger partial charge in [0.2, 0.25) is 0 Å². The second-order valence-electron chi connectivity index (χ2n) is 2.96. The molecule has 0 aliphatic carbocycles. The minimum atomic E-state index is 1.17. The van der Waals surface area contributed by atoms with Crippen LogP contribution < -0.4 is 5.32 Å². The first-order valence-corrected chi connectivity index (χ1v) is 4.35. The number of hydrogen-bond acceptors (Lipinski definition) is 1. The van der Waals surface area contributed by atoms with E-state index in [1.165, 1.54) is 38.6 Å². The SMILES string of the molecule is CCCCCC1=CNCC1. The van der Waals surface area contributed by atoms with Crippen molar-refractivity contribution in [3.05, 3.63) is 11.8 Å². The van der Waals surface area contributed by atoms with E-state index in [-0.39, 0.29) is 0 Å². The van der Waals surface area contributed by atoms with E-state index in [0.29, 0.717) is 0 Å². The molecule has 0 radical (unpaired) electrons. The van der Waals surface area contributed by atoms with E-state index in [2.05, 4.69) is 18.4 Å². The summed E-state index contributed by atoms with van der Waals surface area (Å²) < 4.78 is 0. The average Bonchev–Trinajstić information content (AvgIpc) is 2.41. The smallest absolute Gasteiger partial charge is 0.0179 e. The molecule has 0 unspecified atom stereocenters. The number of nitrogens with one attached hydrogen (secondary N) is 1. The first-order chi connectivity index (χ1) is 4.93. The summed E-state index contributed by atoms with van der Waals surface area (Å²) in [5, 5.41) is 3.24. The molecule has 1 rings (SSSR count). The summed E-state index contributed by atoms with van der Waals surface area (Å²) in [6.07, 6.45) is 8.89. The molecular formula is C9H17N. The van der Waals surface area contributed by atoms with Gasteiger partial charge in [-0.15, -0.1) is 0 Å². The molecule has 0 bridgehead atoms. The largest absolute Gasteiger partial charge is 0.391 e. The molecule has 1 heteroatoms. The fourth-order valence-corrected chi connectivity index (χ4v) is 1.32. The summed E-state index contributed by atoms with van der Waals surface area (Å²) in [4.78, 5) is 0. The van der Waals surface area contributed by atoms with E-state index < -0.39 is 0 Å². The monoisotopic (exact) mass is 139 g/mol. The van der Waals surface area contributed by atoms with Crippen LogP contribution in [-0.2, 0) is 0 Å². The molecular weight excluding hydrogens is 122 g/mol. The van der Waals surface area contributed by atoms with Crippen molar-refractivity contribution in [2.24, 2.45) is 0 Å². The quantitative estimate of drug-likeness (QED) is 0.590. The van der Waals surface area contributed by atoms with Gasteiger partial charge in [-0.05, 0) is 25.5 Å². The standard InChI is InChI=1S/C9H17N/c1-2-3-4-5-9-6-7-10-8-9/h8,10H,2-7H2,1H3. The van der Waals surface area contributed by atoms with Crippen molar-refractivity contribution < 1.29 is 0 Å². The molecule has 1 aliphatic rings. The fourth-order valence-electron chi connectivity index (χ4n) is 1.32. The minimum absolute atomic E-state index is 1.17. The van der Waals surface area contributed by atoms with Gasteiger partial charge in [0, 0.05) is 6.54 Å². The highest BCUT2D eigenvalue weighted by atomic mass is 14.8. The van der Waals surface area contributed by atoms with Gasteiger partial charge in [-0.25, -0.2) is 0 Å². The molecule has 0 spiro atoms. The third-order valence-electron chi connectivity index (χ3n) is 2.00. The molecule has 0 atom stereocenters. The summed E-state index contributed by atoms with van der Waals surface area (Å²) in [5.41, 5.74) is 1.62. The fraction of sp³-hybridized carbons (Fsp3) is 0.778. The van der Waals surface area contributed by atoms with Gasteiger partial charge in [-0.3, -0.25) is 0 Å². The predicted octanol–water partition coefficient (Wildman–Crippen LogP) is 2.44. The Morgan fingerprint density at radius 2 is 2.40 bits per heavy atom. The Morgan fingerprint density at radius 3 is 3.00 bits per heavy atom. The minimum Gasteiger partial charge on any atom is -0.391 e. The van der Waals surface area contributed by atoms with Gasteiger partial charge in [0.25, 0.3) is 0 Å². The molecule has 0 saturated heterocycles. The number of rotatable bonds is 4. The Labute approximate surface area is 63.5 Å². The highest BCUT2D eigenvalue weighted by Crippen LogP contribution is 2.14. The van der Waals surface area contributed by atoms with Gasteiger partial charge in [-0.1, -0.05) is 25.3 Å². The highest BCUT2D eigenvalue weighted by Gasteiger charge is 2.01. The van der Waals surface area contributed by atoms with E-state index in [1.54, 1.807) is 5.57 Å². The van der Waals surface area contributed by atoms with Crippen LogP contribution in [0.3, 0.4) is 0 Å². The van der Waals surface area contributed by atoms with Crippen molar-refractivity contribution in [1.82, 2.24) is 5.32 Å². The molecule has 58 valence electrons. The maximum atomic E-state index is 3.24. The Kier molecular flexibility index (Phi) is 3.34. The van der Waals surface area contributed by atoms with E-state index >= 15 is 0 Å². The highest BCUT2D eigenvalue weighted by molar-refractivity contribution is 5.06. The Hall–Kier alpha value is -0.460. The second-order valence-corrected chi connectivity index (χ2v) is 2.96. The predicted molar refractivity (Wildman–Crippen MR) is 44.8 cm³/mol. The lowest BCUT2D eigenvalue weighted by molar-refractivity contribution is 0.704. The van der Waals surface area contributed by atoms with Gasteiger partial charge < -0.3 is 5.32 Å². The maximum absolute atomic E-state index is 3.24. The topological polar surface area (TPSA) is 12.0 Å². The van der Waals surface area contributed by atoms with Gasteiger partial charge >= 0.3 is 0 Å². The van der Waals surface area contributed by atoms with Gasteiger partial charge in [0.1, 0.15) is 0 Å². The third-order valence-corrected chi connectivity index (χ3v) is 2.00. The number of unbranched alkanes of at least 4 members (excludes halogenated alkanes) is 2. The average molecular weight is 139 g/mol.